The van der Waals surface area contributed by atoms with Crippen LogP contribution in [0.2, 0.25) is 0 Å². The lowest BCUT2D eigenvalue weighted by molar-refractivity contribution is -0.137. The summed E-state index contributed by atoms with van der Waals surface area (Å²) in [7, 11) is -1.90. The Kier molecular flexibility index (Phi) is 7.42. The first-order chi connectivity index (χ1) is 9.45. The standard InChI is InChI=1S/C12H24N2O5S/c1-19-8-7-14(10-11-4-2-6-13-11)20(17,18)9-3-5-12(15)16/h11,13H,2-10H2,1H3,(H,15,16). The summed E-state index contributed by atoms with van der Waals surface area (Å²) in [6, 6.07) is 0.182. The molecule has 7 nitrogen and oxygen atoms in total. The molecular formula is C12H24N2O5S. The van der Waals surface area contributed by atoms with Crippen LogP contribution in [-0.2, 0) is 19.6 Å². The van der Waals surface area contributed by atoms with Gasteiger partial charge in [0.15, 0.2) is 0 Å². The van der Waals surface area contributed by atoms with Crippen LogP contribution < -0.4 is 5.32 Å². The van der Waals surface area contributed by atoms with Gasteiger partial charge in [0, 0.05) is 32.7 Å². The molecule has 2 N–H and O–H groups in total. The van der Waals surface area contributed by atoms with Gasteiger partial charge < -0.3 is 15.2 Å². The molecule has 0 aliphatic carbocycles. The molecule has 8 heteroatoms. The van der Waals surface area contributed by atoms with Crippen molar-refractivity contribution in [3.05, 3.63) is 0 Å². The highest BCUT2D eigenvalue weighted by Crippen LogP contribution is 2.11. The number of carboxylic acid groups (broad SMARTS) is 1. The van der Waals surface area contributed by atoms with E-state index >= 15 is 0 Å². The van der Waals surface area contributed by atoms with Gasteiger partial charge in [0.1, 0.15) is 0 Å². The topological polar surface area (TPSA) is 95.9 Å². The summed E-state index contributed by atoms with van der Waals surface area (Å²) in [6.07, 6.45) is 2.04. The lowest BCUT2D eigenvalue weighted by Gasteiger charge is -2.25. The number of methoxy groups -OCH3 is 1. The maximum atomic E-state index is 12.3. The molecule has 1 rings (SSSR count). The van der Waals surface area contributed by atoms with Crippen molar-refractivity contribution in [1.82, 2.24) is 9.62 Å². The maximum Gasteiger partial charge on any atom is 0.303 e. The average molecular weight is 308 g/mol. The smallest absolute Gasteiger partial charge is 0.303 e. The monoisotopic (exact) mass is 308 g/mol. The molecule has 1 heterocycles. The summed E-state index contributed by atoms with van der Waals surface area (Å²) in [5, 5.41) is 11.9. The molecule has 1 atom stereocenters. The van der Waals surface area contributed by atoms with E-state index in [0.717, 1.165) is 19.4 Å². The molecule has 0 radical (unpaired) electrons. The Morgan fingerprint density at radius 1 is 1.50 bits per heavy atom. The molecule has 1 unspecified atom stereocenters. The summed E-state index contributed by atoms with van der Waals surface area (Å²) in [5.41, 5.74) is 0. The number of nitrogens with one attached hydrogen (secondary N) is 1. The summed E-state index contributed by atoms with van der Waals surface area (Å²) >= 11 is 0. The summed E-state index contributed by atoms with van der Waals surface area (Å²) in [6.45, 7) is 2.00. The first-order valence-electron chi connectivity index (χ1n) is 6.87. The highest BCUT2D eigenvalue weighted by atomic mass is 32.2. The average Bonchev–Trinajstić information content (AvgIpc) is 2.86. The van der Waals surface area contributed by atoms with Crippen molar-refractivity contribution in [1.29, 1.82) is 0 Å². The second-order valence-electron chi connectivity index (χ2n) is 4.96. The Hall–Kier alpha value is -0.700. The van der Waals surface area contributed by atoms with Crippen LogP contribution in [0.4, 0.5) is 0 Å². The second kappa shape index (κ2) is 8.56. The number of ether oxygens (including phenoxy) is 1. The molecule has 0 spiro atoms. The van der Waals surface area contributed by atoms with Gasteiger partial charge in [0.05, 0.1) is 12.4 Å². The third-order valence-electron chi connectivity index (χ3n) is 3.32. The second-order valence-corrected chi connectivity index (χ2v) is 7.05. The van der Waals surface area contributed by atoms with Gasteiger partial charge in [-0.15, -0.1) is 0 Å². The number of nitrogens with zero attached hydrogens (tertiary/aromatic N) is 1. The normalized spacial score (nSPS) is 19.6. The number of hydrogen-bond donors (Lipinski definition) is 2. The molecule has 0 amide bonds. The zero-order valence-corrected chi connectivity index (χ0v) is 12.7. The van der Waals surface area contributed by atoms with E-state index in [9.17, 15) is 13.2 Å². The van der Waals surface area contributed by atoms with E-state index in [4.69, 9.17) is 9.84 Å². The molecule has 0 aromatic rings. The first kappa shape index (κ1) is 17.4. The molecule has 0 saturated carbocycles. The van der Waals surface area contributed by atoms with Crippen molar-refractivity contribution in [2.75, 3.05) is 39.1 Å². The van der Waals surface area contributed by atoms with Gasteiger partial charge in [-0.3, -0.25) is 4.79 Å². The Morgan fingerprint density at radius 3 is 2.80 bits per heavy atom. The Balaban J connectivity index is 2.56. The van der Waals surface area contributed by atoms with E-state index in [0.29, 0.717) is 19.7 Å². The quantitative estimate of drug-likeness (QED) is 0.584. The fourth-order valence-corrected chi connectivity index (χ4v) is 3.76. The van der Waals surface area contributed by atoms with Crippen molar-refractivity contribution in [3.8, 4) is 0 Å². The predicted molar refractivity (Wildman–Crippen MR) is 75.1 cm³/mol. The molecule has 1 fully saturated rings. The lowest BCUT2D eigenvalue weighted by Crippen LogP contribution is -2.43. The Labute approximate surface area is 120 Å². The minimum absolute atomic E-state index is 0.126. The van der Waals surface area contributed by atoms with Crippen LogP contribution in [0.1, 0.15) is 25.7 Å². The van der Waals surface area contributed by atoms with Crippen LogP contribution in [0.15, 0.2) is 0 Å². The number of carbonyl (C=O) groups is 1. The highest BCUT2D eigenvalue weighted by Gasteiger charge is 2.26. The van der Waals surface area contributed by atoms with Crippen LogP contribution in [0.25, 0.3) is 0 Å². The third kappa shape index (κ3) is 6.17. The van der Waals surface area contributed by atoms with E-state index in [-0.39, 0.29) is 24.6 Å². The number of rotatable bonds is 10. The SMILES string of the molecule is COCCN(CC1CCCN1)S(=O)(=O)CCCC(=O)O. The predicted octanol–water partition coefficient (Wildman–Crippen LogP) is -0.119. The van der Waals surface area contributed by atoms with Crippen molar-refractivity contribution in [3.63, 3.8) is 0 Å². The zero-order valence-electron chi connectivity index (χ0n) is 11.9. The van der Waals surface area contributed by atoms with Crippen LogP contribution in [0, 0.1) is 0 Å². The van der Waals surface area contributed by atoms with Crippen LogP contribution >= 0.6 is 0 Å². The fourth-order valence-electron chi connectivity index (χ4n) is 2.23. The van der Waals surface area contributed by atoms with Crippen molar-refractivity contribution >= 4 is 16.0 Å². The molecule has 1 aliphatic rings. The highest BCUT2D eigenvalue weighted by molar-refractivity contribution is 7.89. The molecule has 1 saturated heterocycles. The number of hydrogen-bond acceptors (Lipinski definition) is 5. The number of aliphatic carboxylic acids is 1. The van der Waals surface area contributed by atoms with Gasteiger partial charge in [-0.05, 0) is 25.8 Å². The minimum Gasteiger partial charge on any atom is -0.481 e. The minimum atomic E-state index is -3.43. The van der Waals surface area contributed by atoms with E-state index in [1.165, 1.54) is 11.4 Å². The lowest BCUT2D eigenvalue weighted by atomic mass is 10.2. The van der Waals surface area contributed by atoms with E-state index in [1.807, 2.05) is 0 Å². The van der Waals surface area contributed by atoms with Crippen molar-refractivity contribution in [2.24, 2.45) is 0 Å². The van der Waals surface area contributed by atoms with Crippen LogP contribution in [-0.4, -0.2) is 68.9 Å². The summed E-state index contributed by atoms with van der Waals surface area (Å²) in [4.78, 5) is 10.5. The van der Waals surface area contributed by atoms with E-state index in [1.54, 1.807) is 0 Å². The van der Waals surface area contributed by atoms with Crippen LogP contribution in [0.5, 0.6) is 0 Å². The van der Waals surface area contributed by atoms with E-state index in [2.05, 4.69) is 5.32 Å². The Morgan fingerprint density at radius 2 is 2.25 bits per heavy atom. The molecule has 118 valence electrons. The summed E-state index contributed by atoms with van der Waals surface area (Å²) < 4.78 is 30.9. The van der Waals surface area contributed by atoms with Crippen molar-refractivity contribution < 1.29 is 23.1 Å². The van der Waals surface area contributed by atoms with Gasteiger partial charge in [0.25, 0.3) is 0 Å². The maximum absolute atomic E-state index is 12.3. The van der Waals surface area contributed by atoms with Gasteiger partial charge in [-0.25, -0.2) is 8.42 Å². The first-order valence-corrected chi connectivity index (χ1v) is 8.48. The molecule has 1 aliphatic heterocycles. The largest absolute Gasteiger partial charge is 0.481 e. The zero-order chi connectivity index (χ0) is 15.0. The fraction of sp³-hybridized carbons (Fsp3) is 0.917. The van der Waals surface area contributed by atoms with Crippen molar-refractivity contribution in [2.45, 2.75) is 31.7 Å². The molecule has 20 heavy (non-hydrogen) atoms. The molecule has 0 aromatic heterocycles. The molecule has 0 bridgehead atoms. The van der Waals surface area contributed by atoms with Gasteiger partial charge in [-0.1, -0.05) is 0 Å². The molecule has 0 aromatic carbocycles. The van der Waals surface area contributed by atoms with Crippen LogP contribution in [0.3, 0.4) is 0 Å². The van der Waals surface area contributed by atoms with Gasteiger partial charge >= 0.3 is 5.97 Å². The number of carboxylic acids is 1. The van der Waals surface area contributed by atoms with Gasteiger partial charge in [-0.2, -0.15) is 4.31 Å². The Bertz CT molecular complexity index is 393. The molecular weight excluding hydrogens is 284 g/mol. The third-order valence-corrected chi connectivity index (χ3v) is 5.24. The van der Waals surface area contributed by atoms with Gasteiger partial charge in [0.2, 0.25) is 10.0 Å². The summed E-state index contributed by atoms with van der Waals surface area (Å²) in [5.74, 6) is -1.10. The van der Waals surface area contributed by atoms with E-state index < -0.39 is 16.0 Å². The number of sulfonamides is 1.